The van der Waals surface area contributed by atoms with E-state index < -0.39 is 5.60 Å². The molecular weight excluding hydrogens is 246 g/mol. The van der Waals surface area contributed by atoms with Crippen LogP contribution in [0.4, 0.5) is 4.79 Å². The van der Waals surface area contributed by atoms with Crippen LogP contribution < -0.4 is 0 Å². The summed E-state index contributed by atoms with van der Waals surface area (Å²) < 4.78 is 5.35. The highest BCUT2D eigenvalue weighted by Gasteiger charge is 2.25. The molecule has 1 aliphatic rings. The molecule has 0 aromatic heterocycles. The SMILES string of the molecule is CN(O)CCCN1CCN(C(=O)OC(C)(C)C)CC1. The van der Waals surface area contributed by atoms with E-state index in [1.165, 1.54) is 5.06 Å². The Morgan fingerprint density at radius 3 is 2.32 bits per heavy atom. The van der Waals surface area contributed by atoms with Gasteiger partial charge in [0.25, 0.3) is 0 Å². The number of rotatable bonds is 4. The topological polar surface area (TPSA) is 56.2 Å². The van der Waals surface area contributed by atoms with Crippen LogP contribution in [0.3, 0.4) is 0 Å². The van der Waals surface area contributed by atoms with Crippen molar-refractivity contribution in [3.8, 4) is 0 Å². The van der Waals surface area contributed by atoms with Crippen molar-refractivity contribution in [1.29, 1.82) is 0 Å². The number of hydroxylamine groups is 2. The van der Waals surface area contributed by atoms with Gasteiger partial charge in [0.2, 0.25) is 0 Å². The van der Waals surface area contributed by atoms with Crippen molar-refractivity contribution in [2.75, 3.05) is 46.3 Å². The van der Waals surface area contributed by atoms with E-state index in [2.05, 4.69) is 4.90 Å². The van der Waals surface area contributed by atoms with Crippen molar-refractivity contribution >= 4 is 6.09 Å². The third-order valence-electron chi connectivity index (χ3n) is 2.98. The molecule has 1 amide bonds. The molecule has 0 saturated carbocycles. The molecule has 6 heteroatoms. The van der Waals surface area contributed by atoms with Crippen LogP contribution >= 0.6 is 0 Å². The second kappa shape index (κ2) is 7.07. The molecule has 1 fully saturated rings. The molecule has 19 heavy (non-hydrogen) atoms. The Labute approximate surface area is 115 Å². The van der Waals surface area contributed by atoms with Gasteiger partial charge in [-0.2, -0.15) is 5.06 Å². The van der Waals surface area contributed by atoms with Gasteiger partial charge in [-0.3, -0.25) is 4.90 Å². The first-order chi connectivity index (χ1) is 8.78. The molecular formula is C13H27N3O3. The molecule has 0 unspecified atom stereocenters. The number of carbonyl (C=O) groups is 1. The number of piperazine rings is 1. The van der Waals surface area contributed by atoms with Crippen molar-refractivity contribution < 1.29 is 14.7 Å². The van der Waals surface area contributed by atoms with Crippen LogP contribution in [0.25, 0.3) is 0 Å². The predicted molar refractivity (Wildman–Crippen MR) is 73.3 cm³/mol. The number of nitrogens with zero attached hydrogens (tertiary/aromatic N) is 3. The molecule has 1 heterocycles. The maximum absolute atomic E-state index is 11.9. The maximum Gasteiger partial charge on any atom is 0.410 e. The molecule has 0 aromatic carbocycles. The first-order valence-corrected chi connectivity index (χ1v) is 6.88. The first-order valence-electron chi connectivity index (χ1n) is 6.88. The Hall–Kier alpha value is -0.850. The van der Waals surface area contributed by atoms with E-state index in [4.69, 9.17) is 9.94 Å². The van der Waals surface area contributed by atoms with Crippen molar-refractivity contribution in [2.45, 2.75) is 32.8 Å². The number of carbonyl (C=O) groups excluding carboxylic acids is 1. The fourth-order valence-corrected chi connectivity index (χ4v) is 2.00. The zero-order valence-electron chi connectivity index (χ0n) is 12.6. The number of hydrogen-bond acceptors (Lipinski definition) is 5. The van der Waals surface area contributed by atoms with Crippen molar-refractivity contribution in [2.24, 2.45) is 0 Å². The van der Waals surface area contributed by atoms with E-state index in [1.54, 1.807) is 11.9 Å². The summed E-state index contributed by atoms with van der Waals surface area (Å²) in [5.41, 5.74) is -0.431. The lowest BCUT2D eigenvalue weighted by molar-refractivity contribution is -0.0669. The Bertz CT molecular complexity index is 281. The zero-order chi connectivity index (χ0) is 14.5. The minimum atomic E-state index is -0.431. The van der Waals surface area contributed by atoms with Crippen LogP contribution in [-0.2, 0) is 4.74 Å². The van der Waals surface area contributed by atoms with E-state index >= 15 is 0 Å². The van der Waals surface area contributed by atoms with E-state index in [0.717, 1.165) is 26.1 Å². The van der Waals surface area contributed by atoms with Crippen LogP contribution in [0.2, 0.25) is 0 Å². The van der Waals surface area contributed by atoms with Gasteiger partial charge in [-0.05, 0) is 33.7 Å². The molecule has 1 N–H and O–H groups in total. The summed E-state index contributed by atoms with van der Waals surface area (Å²) in [5, 5.41) is 10.3. The number of hydrogen-bond donors (Lipinski definition) is 1. The van der Waals surface area contributed by atoms with Crippen LogP contribution in [0.15, 0.2) is 0 Å². The standard InChI is InChI=1S/C13H27N3O3/c1-13(2,3)19-12(17)16-10-8-15(9-11-16)7-5-6-14(4)18/h18H,5-11H2,1-4H3. The number of amides is 1. The molecule has 0 spiro atoms. The summed E-state index contributed by atoms with van der Waals surface area (Å²) in [7, 11) is 1.65. The molecule has 112 valence electrons. The minimum Gasteiger partial charge on any atom is -0.444 e. The summed E-state index contributed by atoms with van der Waals surface area (Å²) in [5.74, 6) is 0. The molecule has 1 aliphatic heterocycles. The highest BCUT2D eigenvalue weighted by Crippen LogP contribution is 2.11. The van der Waals surface area contributed by atoms with Gasteiger partial charge < -0.3 is 14.8 Å². The average Bonchev–Trinajstić information content (AvgIpc) is 2.27. The smallest absolute Gasteiger partial charge is 0.410 e. The van der Waals surface area contributed by atoms with Gasteiger partial charge in [-0.25, -0.2) is 4.79 Å². The molecule has 0 aliphatic carbocycles. The number of ether oxygens (including phenoxy) is 1. The largest absolute Gasteiger partial charge is 0.444 e. The highest BCUT2D eigenvalue weighted by atomic mass is 16.6. The predicted octanol–water partition coefficient (Wildman–Crippen LogP) is 1.25. The van der Waals surface area contributed by atoms with Crippen molar-refractivity contribution in [1.82, 2.24) is 14.9 Å². The van der Waals surface area contributed by atoms with Gasteiger partial charge in [-0.15, -0.1) is 0 Å². The Balaban J connectivity index is 2.23. The molecule has 0 bridgehead atoms. The summed E-state index contributed by atoms with van der Waals surface area (Å²) in [6, 6.07) is 0. The van der Waals surface area contributed by atoms with Crippen LogP contribution in [0.5, 0.6) is 0 Å². The second-order valence-corrected chi connectivity index (χ2v) is 6.04. The van der Waals surface area contributed by atoms with Gasteiger partial charge in [-0.1, -0.05) is 0 Å². The lowest BCUT2D eigenvalue weighted by atomic mass is 10.2. The van der Waals surface area contributed by atoms with Crippen LogP contribution in [0, 0.1) is 0 Å². The fraction of sp³-hybridized carbons (Fsp3) is 0.923. The third kappa shape index (κ3) is 6.75. The maximum atomic E-state index is 11.9. The summed E-state index contributed by atoms with van der Waals surface area (Å²) in [6.45, 7) is 10.4. The lowest BCUT2D eigenvalue weighted by Gasteiger charge is -2.35. The Morgan fingerprint density at radius 2 is 1.84 bits per heavy atom. The van der Waals surface area contributed by atoms with Gasteiger partial charge >= 0.3 is 6.09 Å². The lowest BCUT2D eigenvalue weighted by Crippen LogP contribution is -2.50. The fourth-order valence-electron chi connectivity index (χ4n) is 2.00. The van der Waals surface area contributed by atoms with Gasteiger partial charge in [0.05, 0.1) is 0 Å². The Kier molecular flexibility index (Phi) is 6.03. The summed E-state index contributed by atoms with van der Waals surface area (Å²) in [4.78, 5) is 15.9. The van der Waals surface area contributed by atoms with Crippen LogP contribution in [0.1, 0.15) is 27.2 Å². The van der Waals surface area contributed by atoms with E-state index in [0.29, 0.717) is 19.6 Å². The second-order valence-electron chi connectivity index (χ2n) is 6.04. The van der Waals surface area contributed by atoms with Gasteiger partial charge in [0.1, 0.15) is 5.60 Å². The minimum absolute atomic E-state index is 0.220. The summed E-state index contributed by atoms with van der Waals surface area (Å²) in [6.07, 6.45) is 0.710. The quantitative estimate of drug-likeness (QED) is 0.781. The molecule has 0 atom stereocenters. The molecule has 0 radical (unpaired) electrons. The molecule has 1 rings (SSSR count). The molecule has 1 saturated heterocycles. The van der Waals surface area contributed by atoms with E-state index in [9.17, 15) is 4.79 Å². The van der Waals surface area contributed by atoms with Crippen molar-refractivity contribution in [3.05, 3.63) is 0 Å². The van der Waals surface area contributed by atoms with Crippen LogP contribution in [-0.4, -0.2) is 78.1 Å². The van der Waals surface area contributed by atoms with Gasteiger partial charge in [0, 0.05) is 39.8 Å². The third-order valence-corrected chi connectivity index (χ3v) is 2.98. The highest BCUT2D eigenvalue weighted by molar-refractivity contribution is 5.68. The monoisotopic (exact) mass is 273 g/mol. The normalized spacial score (nSPS) is 17.9. The first kappa shape index (κ1) is 16.2. The summed E-state index contributed by atoms with van der Waals surface area (Å²) >= 11 is 0. The van der Waals surface area contributed by atoms with Gasteiger partial charge in [0.15, 0.2) is 0 Å². The zero-order valence-corrected chi connectivity index (χ0v) is 12.6. The average molecular weight is 273 g/mol. The molecule has 6 nitrogen and oxygen atoms in total. The van der Waals surface area contributed by atoms with Crippen molar-refractivity contribution in [3.63, 3.8) is 0 Å². The van der Waals surface area contributed by atoms with E-state index in [-0.39, 0.29) is 6.09 Å². The molecule has 0 aromatic rings. The Morgan fingerprint density at radius 1 is 1.26 bits per heavy atom. The van der Waals surface area contributed by atoms with E-state index in [1.807, 2.05) is 20.8 Å².